The molecule has 6 nitrogen and oxygen atoms in total. The van der Waals surface area contributed by atoms with E-state index in [1.165, 1.54) is 11.3 Å². The first-order valence-corrected chi connectivity index (χ1v) is 11.7. The van der Waals surface area contributed by atoms with Gasteiger partial charge in [0, 0.05) is 18.5 Å². The minimum Gasteiger partial charge on any atom is -0.422 e. The second kappa shape index (κ2) is 10.5. The highest BCUT2D eigenvalue weighted by atomic mass is 35.5. The molecule has 0 bridgehead atoms. The molecule has 0 aliphatic carbocycles. The van der Waals surface area contributed by atoms with Gasteiger partial charge in [-0.05, 0) is 56.3 Å². The lowest BCUT2D eigenvalue weighted by Crippen LogP contribution is -2.40. The van der Waals surface area contributed by atoms with Crippen LogP contribution in [-0.4, -0.2) is 42.0 Å². The van der Waals surface area contributed by atoms with Crippen LogP contribution in [0.5, 0.6) is 0 Å². The fourth-order valence-corrected chi connectivity index (χ4v) is 4.94. The average molecular weight is 486 g/mol. The van der Waals surface area contributed by atoms with Gasteiger partial charge in [0.2, 0.25) is 0 Å². The normalized spacial score (nSPS) is 11.2. The molecule has 0 atom stereocenters. The van der Waals surface area contributed by atoms with E-state index in [1.54, 1.807) is 23.1 Å². The molecule has 0 saturated heterocycles. The SMILES string of the molecule is CCN(CC)CCN(C(=O)c1cc2ccccc2oc1=O)c1nc2cc(C)cc(C)c2s1.Cl. The Kier molecular flexibility index (Phi) is 7.89. The average Bonchev–Trinajstić information content (AvgIpc) is 3.20. The number of carbonyl (C=O) groups excluding carboxylic acids is 1. The van der Waals surface area contributed by atoms with Crippen molar-refractivity contribution in [1.82, 2.24) is 9.88 Å². The molecule has 0 saturated carbocycles. The van der Waals surface area contributed by atoms with Crippen molar-refractivity contribution >= 4 is 56.0 Å². The summed E-state index contributed by atoms with van der Waals surface area (Å²) in [7, 11) is 0. The van der Waals surface area contributed by atoms with Crippen molar-refractivity contribution in [2.75, 3.05) is 31.1 Å². The summed E-state index contributed by atoms with van der Waals surface area (Å²) in [5.41, 5.74) is 2.99. The number of hydrogen-bond acceptors (Lipinski definition) is 6. The lowest BCUT2D eigenvalue weighted by atomic mass is 10.1. The van der Waals surface area contributed by atoms with Crippen LogP contribution in [0, 0.1) is 13.8 Å². The summed E-state index contributed by atoms with van der Waals surface area (Å²) in [5.74, 6) is -0.384. The van der Waals surface area contributed by atoms with Gasteiger partial charge < -0.3 is 9.32 Å². The van der Waals surface area contributed by atoms with Gasteiger partial charge in [0.05, 0.1) is 10.2 Å². The Morgan fingerprint density at radius 3 is 2.52 bits per heavy atom. The second-order valence-electron chi connectivity index (χ2n) is 7.90. The van der Waals surface area contributed by atoms with E-state index in [9.17, 15) is 9.59 Å². The maximum absolute atomic E-state index is 13.6. The highest BCUT2D eigenvalue weighted by Gasteiger charge is 2.25. The molecule has 174 valence electrons. The third kappa shape index (κ3) is 5.11. The number of halogens is 1. The largest absolute Gasteiger partial charge is 0.422 e. The zero-order valence-corrected chi connectivity index (χ0v) is 20.9. The van der Waals surface area contributed by atoms with Crippen molar-refractivity contribution < 1.29 is 9.21 Å². The molecule has 8 heteroatoms. The minimum absolute atomic E-state index is 0. The summed E-state index contributed by atoms with van der Waals surface area (Å²) in [6.45, 7) is 11.2. The molecular formula is C25H28ClN3O3S. The van der Waals surface area contributed by atoms with Gasteiger partial charge in [-0.3, -0.25) is 9.69 Å². The molecule has 0 aliphatic rings. The summed E-state index contributed by atoms with van der Waals surface area (Å²) >= 11 is 1.48. The van der Waals surface area contributed by atoms with Gasteiger partial charge in [0.25, 0.3) is 5.91 Å². The molecule has 2 aromatic carbocycles. The molecule has 1 amide bonds. The van der Waals surface area contributed by atoms with E-state index in [1.807, 2.05) is 25.1 Å². The van der Waals surface area contributed by atoms with Gasteiger partial charge in [-0.2, -0.15) is 0 Å². The first-order valence-electron chi connectivity index (χ1n) is 10.9. The fourth-order valence-electron chi connectivity index (χ4n) is 3.90. The third-order valence-corrected chi connectivity index (χ3v) is 6.92. The number of aromatic nitrogens is 1. The molecule has 0 N–H and O–H groups in total. The Labute approximate surface area is 203 Å². The molecular weight excluding hydrogens is 458 g/mol. The molecule has 0 fully saturated rings. The summed E-state index contributed by atoms with van der Waals surface area (Å²) in [4.78, 5) is 35.0. The first-order chi connectivity index (χ1) is 15.4. The number of hydrogen-bond donors (Lipinski definition) is 0. The van der Waals surface area contributed by atoms with E-state index < -0.39 is 5.63 Å². The van der Waals surface area contributed by atoms with E-state index in [0.717, 1.165) is 39.8 Å². The summed E-state index contributed by atoms with van der Waals surface area (Å²) < 4.78 is 6.48. The predicted molar refractivity (Wildman–Crippen MR) is 138 cm³/mol. The number of fused-ring (bicyclic) bond motifs is 2. The highest BCUT2D eigenvalue weighted by molar-refractivity contribution is 7.22. The highest BCUT2D eigenvalue weighted by Crippen LogP contribution is 2.32. The number of aryl methyl sites for hydroxylation is 2. The number of benzene rings is 2. The summed E-state index contributed by atoms with van der Waals surface area (Å²) in [6.07, 6.45) is 0. The third-order valence-electron chi connectivity index (χ3n) is 5.69. The van der Waals surface area contributed by atoms with Gasteiger partial charge in [-0.25, -0.2) is 9.78 Å². The minimum atomic E-state index is -0.630. The number of amides is 1. The van der Waals surface area contributed by atoms with Crippen molar-refractivity contribution in [1.29, 1.82) is 0 Å². The van der Waals surface area contributed by atoms with Crippen molar-refractivity contribution in [3.05, 3.63) is 69.6 Å². The van der Waals surface area contributed by atoms with E-state index in [0.29, 0.717) is 23.8 Å². The Morgan fingerprint density at radius 2 is 1.79 bits per heavy atom. The number of likely N-dealkylation sites (N-methyl/N-ethyl adjacent to an activating group) is 1. The lowest BCUT2D eigenvalue weighted by Gasteiger charge is -2.24. The number of nitrogens with zero attached hydrogens (tertiary/aromatic N) is 3. The topological polar surface area (TPSA) is 66.7 Å². The van der Waals surface area contributed by atoms with Crippen LogP contribution in [0.4, 0.5) is 5.13 Å². The maximum Gasteiger partial charge on any atom is 0.349 e. The van der Waals surface area contributed by atoms with E-state index >= 15 is 0 Å². The Morgan fingerprint density at radius 1 is 1.06 bits per heavy atom. The lowest BCUT2D eigenvalue weighted by molar-refractivity contribution is 0.0980. The van der Waals surface area contributed by atoms with E-state index in [4.69, 9.17) is 9.40 Å². The zero-order chi connectivity index (χ0) is 22.8. The number of rotatable bonds is 7. The molecule has 2 heterocycles. The summed E-state index contributed by atoms with van der Waals surface area (Å²) in [6, 6.07) is 13.0. The zero-order valence-electron chi connectivity index (χ0n) is 19.3. The fraction of sp³-hybridized carbons (Fsp3) is 0.320. The van der Waals surface area contributed by atoms with Crippen molar-refractivity contribution in [2.45, 2.75) is 27.7 Å². The maximum atomic E-state index is 13.6. The van der Waals surface area contributed by atoms with Crippen LogP contribution in [0.3, 0.4) is 0 Å². The number of thiazole rings is 1. The second-order valence-corrected chi connectivity index (χ2v) is 8.87. The quantitative estimate of drug-likeness (QED) is 0.326. The van der Waals surface area contributed by atoms with Gasteiger partial charge >= 0.3 is 5.63 Å². The Balaban J connectivity index is 0.00000306. The van der Waals surface area contributed by atoms with Crippen molar-refractivity contribution in [2.24, 2.45) is 0 Å². The van der Waals surface area contributed by atoms with Crippen LogP contribution in [0.25, 0.3) is 21.2 Å². The molecule has 2 aromatic heterocycles. The Hall–Kier alpha value is -2.74. The van der Waals surface area contributed by atoms with Crippen LogP contribution >= 0.6 is 23.7 Å². The van der Waals surface area contributed by atoms with Gasteiger partial charge in [0.1, 0.15) is 11.1 Å². The van der Waals surface area contributed by atoms with Crippen LogP contribution < -0.4 is 10.5 Å². The van der Waals surface area contributed by atoms with Crippen LogP contribution in [-0.2, 0) is 0 Å². The van der Waals surface area contributed by atoms with Crippen LogP contribution in [0.15, 0.2) is 51.7 Å². The molecule has 0 spiro atoms. The molecule has 0 aliphatic heterocycles. The molecule has 0 radical (unpaired) electrons. The van der Waals surface area contributed by atoms with Gasteiger partial charge in [-0.15, -0.1) is 12.4 Å². The predicted octanol–water partition coefficient (Wildman–Crippen LogP) is 5.43. The molecule has 33 heavy (non-hydrogen) atoms. The van der Waals surface area contributed by atoms with Crippen molar-refractivity contribution in [3.8, 4) is 0 Å². The number of carbonyl (C=O) groups is 1. The van der Waals surface area contributed by atoms with Gasteiger partial charge in [0.15, 0.2) is 5.13 Å². The Bertz CT molecular complexity index is 1340. The standard InChI is InChI=1S/C25H27N3O3S.ClH/c1-5-27(6-2)11-12-28(25-26-20-14-16(3)13-17(4)22(20)32-25)23(29)19-15-18-9-7-8-10-21(18)31-24(19)30;/h7-10,13-15H,5-6,11-12H2,1-4H3;1H. The molecule has 4 aromatic rings. The van der Waals surface area contributed by atoms with Gasteiger partial charge in [-0.1, -0.05) is 49.4 Å². The molecule has 0 unspecified atom stereocenters. The van der Waals surface area contributed by atoms with Crippen LogP contribution in [0.2, 0.25) is 0 Å². The monoisotopic (exact) mass is 485 g/mol. The number of para-hydroxylation sites is 1. The van der Waals surface area contributed by atoms with Crippen molar-refractivity contribution in [3.63, 3.8) is 0 Å². The van der Waals surface area contributed by atoms with E-state index in [2.05, 4.69) is 31.7 Å². The smallest absolute Gasteiger partial charge is 0.349 e. The summed E-state index contributed by atoms with van der Waals surface area (Å²) in [5, 5.41) is 1.31. The molecule has 4 rings (SSSR count). The number of anilines is 1. The first kappa shape index (κ1) is 24.9. The van der Waals surface area contributed by atoms with Crippen LogP contribution in [0.1, 0.15) is 35.3 Å². The van der Waals surface area contributed by atoms with E-state index in [-0.39, 0.29) is 23.9 Å².